The molecular formula is C48H42S6. The molecule has 0 bridgehead atoms. The second kappa shape index (κ2) is 21.1. The summed E-state index contributed by atoms with van der Waals surface area (Å²) in [6.07, 6.45) is 0. The molecule has 0 N–H and O–H groups in total. The minimum absolute atomic E-state index is 0.928. The van der Waals surface area contributed by atoms with Gasteiger partial charge in [0.2, 0.25) is 0 Å². The highest BCUT2D eigenvalue weighted by molar-refractivity contribution is 8.00. The van der Waals surface area contributed by atoms with Crippen LogP contribution < -0.4 is 0 Å². The zero-order valence-electron chi connectivity index (χ0n) is 30.0. The van der Waals surface area contributed by atoms with Gasteiger partial charge in [-0.3, -0.25) is 0 Å². The third-order valence-corrected chi connectivity index (χ3v) is 15.2. The van der Waals surface area contributed by atoms with Gasteiger partial charge in [0.15, 0.2) is 0 Å². The van der Waals surface area contributed by atoms with Crippen LogP contribution in [0.25, 0.3) is 0 Å². The second-order valence-corrected chi connectivity index (χ2v) is 18.8. The van der Waals surface area contributed by atoms with E-state index in [1.165, 1.54) is 62.8 Å². The van der Waals surface area contributed by atoms with Crippen molar-refractivity contribution >= 4 is 70.6 Å². The lowest BCUT2D eigenvalue weighted by atomic mass is 9.90. The largest absolute Gasteiger partial charge is 0.121 e. The van der Waals surface area contributed by atoms with Crippen molar-refractivity contribution in [3.8, 4) is 0 Å². The van der Waals surface area contributed by atoms with Crippen LogP contribution in [0.4, 0.5) is 0 Å². The zero-order valence-corrected chi connectivity index (χ0v) is 34.9. The first-order valence-corrected chi connectivity index (χ1v) is 24.0. The monoisotopic (exact) mass is 810 g/mol. The van der Waals surface area contributed by atoms with Crippen molar-refractivity contribution < 1.29 is 0 Å². The van der Waals surface area contributed by atoms with Crippen LogP contribution in [0.1, 0.15) is 33.4 Å². The van der Waals surface area contributed by atoms with Crippen LogP contribution in [0.3, 0.4) is 0 Å². The summed E-state index contributed by atoms with van der Waals surface area (Å²) in [5, 5.41) is 0. The van der Waals surface area contributed by atoms with Gasteiger partial charge >= 0.3 is 0 Å². The fourth-order valence-corrected chi connectivity index (χ4v) is 12.2. The van der Waals surface area contributed by atoms with Crippen LogP contribution in [-0.4, -0.2) is 0 Å². The van der Waals surface area contributed by atoms with E-state index >= 15 is 0 Å². The summed E-state index contributed by atoms with van der Waals surface area (Å²) in [6.45, 7) is 0. The minimum Gasteiger partial charge on any atom is -0.121 e. The molecule has 0 aliphatic rings. The highest BCUT2D eigenvalue weighted by Gasteiger charge is 2.25. The minimum atomic E-state index is 0.928. The Hall–Kier alpha value is -3.36. The third kappa shape index (κ3) is 11.3. The average Bonchev–Trinajstić information content (AvgIpc) is 3.24. The molecule has 54 heavy (non-hydrogen) atoms. The Balaban J connectivity index is 1.42. The van der Waals surface area contributed by atoms with Gasteiger partial charge in [-0.05, 0) is 106 Å². The summed E-state index contributed by atoms with van der Waals surface area (Å²) < 4.78 is 0. The van der Waals surface area contributed by atoms with Crippen LogP contribution in [0, 0.1) is 0 Å². The summed E-state index contributed by atoms with van der Waals surface area (Å²) in [5.41, 5.74) is 9.06. The van der Waals surface area contributed by atoms with E-state index in [0.29, 0.717) is 0 Å². The molecule has 0 saturated carbocycles. The summed E-state index contributed by atoms with van der Waals surface area (Å²) in [7, 11) is 0. The van der Waals surface area contributed by atoms with Crippen molar-refractivity contribution in [2.75, 3.05) is 0 Å². The normalized spacial score (nSPS) is 11.1. The number of rotatable bonds is 18. The first kappa shape index (κ1) is 38.9. The van der Waals surface area contributed by atoms with E-state index < -0.39 is 0 Å². The predicted octanol–water partition coefficient (Wildman–Crippen LogP) is 15.4. The van der Waals surface area contributed by atoms with E-state index in [1.807, 2.05) is 70.6 Å². The fourth-order valence-electron chi connectivity index (χ4n) is 6.17. The maximum atomic E-state index is 2.25. The molecule has 270 valence electrons. The molecule has 0 heterocycles. The van der Waals surface area contributed by atoms with Crippen LogP contribution in [-0.2, 0) is 34.5 Å². The van der Waals surface area contributed by atoms with Gasteiger partial charge in [-0.1, -0.05) is 109 Å². The molecule has 7 aromatic rings. The molecule has 0 aliphatic heterocycles. The first-order valence-electron chi connectivity index (χ1n) is 18.0. The number of thioether (sulfide) groups is 6. The molecule has 7 aromatic carbocycles. The molecule has 0 saturated heterocycles. The first-order chi connectivity index (χ1) is 26.8. The standard InChI is InChI=1S/C48H42S6/c1-7-19-37(20-8-1)49-31-43-44(32-50-38-21-9-2-10-22-38)46(34-52-40-25-13-4-14-26-40)48(36-54-42-29-17-6-18-30-42)47(35-53-41-27-15-5-16-28-41)45(43)33-51-39-23-11-3-12-24-39/h1-30H,31-36H2. The lowest BCUT2D eigenvalue weighted by molar-refractivity contribution is 1.07. The SMILES string of the molecule is c1ccc(SCc2c(CSc3ccccc3)c(CSc3ccccc3)c(CSc3ccccc3)c(CSc3ccccc3)c2CSc2ccccc2)cc1. The van der Waals surface area contributed by atoms with Crippen LogP contribution in [0.15, 0.2) is 211 Å². The van der Waals surface area contributed by atoms with E-state index in [1.54, 1.807) is 0 Å². The molecule has 0 spiro atoms. The molecule has 0 fully saturated rings. The summed E-state index contributed by atoms with van der Waals surface area (Å²) >= 11 is 11.8. The summed E-state index contributed by atoms with van der Waals surface area (Å²) in [5.74, 6) is 5.57. The Morgan fingerprint density at radius 2 is 0.315 bits per heavy atom. The van der Waals surface area contributed by atoms with Crippen molar-refractivity contribution in [2.45, 2.75) is 63.9 Å². The molecule has 0 aliphatic carbocycles. The smallest absolute Gasteiger partial charge is 0.0238 e. The maximum Gasteiger partial charge on any atom is 0.0238 e. The van der Waals surface area contributed by atoms with Gasteiger partial charge in [-0.25, -0.2) is 0 Å². The Labute approximate surface area is 347 Å². The van der Waals surface area contributed by atoms with Crippen molar-refractivity contribution in [1.29, 1.82) is 0 Å². The van der Waals surface area contributed by atoms with Crippen molar-refractivity contribution in [3.63, 3.8) is 0 Å². The Kier molecular flexibility index (Phi) is 15.2. The molecule has 0 atom stereocenters. The topological polar surface area (TPSA) is 0 Å². The van der Waals surface area contributed by atoms with E-state index in [9.17, 15) is 0 Å². The zero-order chi connectivity index (χ0) is 36.6. The lowest BCUT2D eigenvalue weighted by Gasteiger charge is -2.27. The van der Waals surface area contributed by atoms with Crippen LogP contribution in [0.2, 0.25) is 0 Å². The van der Waals surface area contributed by atoms with Gasteiger partial charge < -0.3 is 0 Å². The molecule has 0 amide bonds. The summed E-state index contributed by atoms with van der Waals surface area (Å²) in [4.78, 5) is 7.86. The maximum absolute atomic E-state index is 2.25. The van der Waals surface area contributed by atoms with Crippen molar-refractivity contribution in [1.82, 2.24) is 0 Å². The van der Waals surface area contributed by atoms with Gasteiger partial charge in [0.1, 0.15) is 0 Å². The summed E-state index contributed by atoms with van der Waals surface area (Å²) in [6, 6.07) is 65.7. The van der Waals surface area contributed by atoms with Crippen molar-refractivity contribution in [3.05, 3.63) is 215 Å². The van der Waals surface area contributed by atoms with Gasteiger partial charge in [0.25, 0.3) is 0 Å². The number of benzene rings is 7. The predicted molar refractivity (Wildman–Crippen MR) is 242 cm³/mol. The molecular weight excluding hydrogens is 769 g/mol. The molecule has 7 rings (SSSR count). The molecule has 6 heteroatoms. The van der Waals surface area contributed by atoms with Gasteiger partial charge in [-0.15, -0.1) is 70.6 Å². The lowest BCUT2D eigenvalue weighted by Crippen LogP contribution is -2.12. The highest BCUT2D eigenvalue weighted by atomic mass is 32.2. The van der Waals surface area contributed by atoms with E-state index in [-0.39, 0.29) is 0 Å². The van der Waals surface area contributed by atoms with Crippen LogP contribution in [0.5, 0.6) is 0 Å². The average molecular weight is 811 g/mol. The van der Waals surface area contributed by atoms with Crippen molar-refractivity contribution in [2.24, 2.45) is 0 Å². The van der Waals surface area contributed by atoms with Gasteiger partial charge in [-0.2, -0.15) is 0 Å². The fraction of sp³-hybridized carbons (Fsp3) is 0.125. The van der Waals surface area contributed by atoms with E-state index in [0.717, 1.165) is 34.5 Å². The molecule has 0 nitrogen and oxygen atoms in total. The Bertz CT molecular complexity index is 1720. The third-order valence-electron chi connectivity index (χ3n) is 8.94. The van der Waals surface area contributed by atoms with Gasteiger partial charge in [0, 0.05) is 63.9 Å². The molecule has 0 aromatic heterocycles. The Morgan fingerprint density at radius 1 is 0.185 bits per heavy atom. The molecule has 0 unspecified atom stereocenters. The quantitative estimate of drug-likeness (QED) is 0.0786. The number of hydrogen-bond acceptors (Lipinski definition) is 6. The van der Waals surface area contributed by atoms with Gasteiger partial charge in [0.05, 0.1) is 0 Å². The Morgan fingerprint density at radius 3 is 0.444 bits per heavy atom. The van der Waals surface area contributed by atoms with E-state index in [2.05, 4.69) is 182 Å². The highest BCUT2D eigenvalue weighted by Crippen LogP contribution is 2.44. The van der Waals surface area contributed by atoms with E-state index in [4.69, 9.17) is 0 Å². The second-order valence-electron chi connectivity index (χ2n) is 12.5. The van der Waals surface area contributed by atoms with Crippen LogP contribution >= 0.6 is 70.6 Å². The molecule has 0 radical (unpaired) electrons. The number of hydrogen-bond donors (Lipinski definition) is 0.